The molecule has 0 aliphatic carbocycles. The van der Waals surface area contributed by atoms with Gasteiger partial charge in [0.1, 0.15) is 10.6 Å². The van der Waals surface area contributed by atoms with Crippen LogP contribution in [0.1, 0.15) is 39.8 Å². The molecule has 3 aromatic rings. The molecule has 0 saturated carbocycles. The van der Waals surface area contributed by atoms with Gasteiger partial charge in [-0.05, 0) is 36.6 Å². The van der Waals surface area contributed by atoms with Gasteiger partial charge in [0.2, 0.25) is 11.7 Å². The first kappa shape index (κ1) is 17.9. The van der Waals surface area contributed by atoms with Crippen LogP contribution in [0.2, 0.25) is 0 Å². The molecule has 1 aromatic carbocycles. The molecule has 3 rings (SSSR count). The van der Waals surface area contributed by atoms with Crippen molar-refractivity contribution in [3.05, 3.63) is 58.9 Å². The summed E-state index contributed by atoms with van der Waals surface area (Å²) in [6.07, 6.45) is -0.979. The van der Waals surface area contributed by atoms with E-state index in [0.717, 1.165) is 10.1 Å². The number of esters is 1. The molecule has 1 amide bonds. The van der Waals surface area contributed by atoms with Crippen molar-refractivity contribution in [2.75, 3.05) is 0 Å². The normalized spacial score (nSPS) is 11.9. The third kappa shape index (κ3) is 4.00. The summed E-state index contributed by atoms with van der Waals surface area (Å²) in [5.74, 6) is -0.640. The molecule has 0 aliphatic heterocycles. The average Bonchev–Trinajstić information content (AvgIpc) is 3.25. The molecule has 6 nitrogen and oxygen atoms in total. The summed E-state index contributed by atoms with van der Waals surface area (Å²) < 4.78 is 11.7. The molecule has 0 fully saturated rings. The number of benzene rings is 1. The fourth-order valence-corrected chi connectivity index (χ4v) is 3.32. The third-order valence-corrected chi connectivity index (χ3v) is 4.79. The first-order valence-electron chi connectivity index (χ1n) is 8.01. The van der Waals surface area contributed by atoms with Gasteiger partial charge < -0.3 is 14.5 Å². The fourth-order valence-electron chi connectivity index (χ4n) is 2.37. The molecule has 0 bridgehead atoms. The zero-order chi connectivity index (χ0) is 18.7. The van der Waals surface area contributed by atoms with E-state index in [-0.39, 0.29) is 18.2 Å². The van der Waals surface area contributed by atoms with Crippen molar-refractivity contribution in [2.24, 2.45) is 0 Å². The van der Waals surface area contributed by atoms with Crippen LogP contribution in [0.5, 0.6) is 0 Å². The molecule has 0 aliphatic rings. The summed E-state index contributed by atoms with van der Waals surface area (Å²) in [6.45, 7) is 3.09. The highest BCUT2D eigenvalue weighted by Gasteiger charge is 2.24. The molecule has 0 unspecified atom stereocenters. The summed E-state index contributed by atoms with van der Waals surface area (Å²) in [7, 11) is 0. The van der Waals surface area contributed by atoms with Gasteiger partial charge in [0.05, 0.1) is 6.54 Å². The molecule has 0 saturated heterocycles. The topological polar surface area (TPSA) is 85.6 Å². The van der Waals surface area contributed by atoms with Crippen molar-refractivity contribution >= 4 is 39.1 Å². The van der Waals surface area contributed by atoms with Crippen LogP contribution in [0.3, 0.4) is 0 Å². The Labute approximate surface area is 153 Å². The van der Waals surface area contributed by atoms with Crippen molar-refractivity contribution in [3.8, 4) is 0 Å². The first-order valence-corrected chi connectivity index (χ1v) is 8.82. The average molecular weight is 371 g/mol. The Kier molecular flexibility index (Phi) is 5.18. The predicted octanol–water partition coefficient (Wildman–Crippen LogP) is 3.56. The van der Waals surface area contributed by atoms with Crippen LogP contribution >= 0.6 is 11.3 Å². The van der Waals surface area contributed by atoms with E-state index < -0.39 is 17.9 Å². The lowest BCUT2D eigenvalue weighted by atomic mass is 10.2. The molecule has 7 heteroatoms. The van der Waals surface area contributed by atoms with E-state index in [1.165, 1.54) is 31.3 Å². The van der Waals surface area contributed by atoms with Gasteiger partial charge in [-0.25, -0.2) is 4.79 Å². The summed E-state index contributed by atoms with van der Waals surface area (Å²) in [6, 6.07) is 12.5. The number of ether oxygens (including phenoxy) is 1. The first-order chi connectivity index (χ1) is 12.4. The predicted molar refractivity (Wildman–Crippen MR) is 97.3 cm³/mol. The van der Waals surface area contributed by atoms with Crippen LogP contribution in [0.25, 0.3) is 10.1 Å². The zero-order valence-electron chi connectivity index (χ0n) is 14.3. The number of hydrogen-bond donors (Lipinski definition) is 1. The number of amides is 1. The quantitative estimate of drug-likeness (QED) is 0.529. The zero-order valence-corrected chi connectivity index (χ0v) is 15.1. The molecular formula is C19H17NO5S. The van der Waals surface area contributed by atoms with E-state index in [2.05, 4.69) is 5.32 Å². The Morgan fingerprint density at radius 3 is 2.69 bits per heavy atom. The van der Waals surface area contributed by atoms with E-state index in [0.29, 0.717) is 10.6 Å². The lowest BCUT2D eigenvalue weighted by molar-refractivity contribution is -0.119. The van der Waals surface area contributed by atoms with Crippen molar-refractivity contribution in [1.82, 2.24) is 5.32 Å². The minimum atomic E-state index is -0.979. The number of hydrogen-bond acceptors (Lipinski definition) is 6. The number of ketones is 1. The minimum absolute atomic E-state index is 0.0852. The highest BCUT2D eigenvalue weighted by molar-refractivity contribution is 7.20. The molecule has 26 heavy (non-hydrogen) atoms. The highest BCUT2D eigenvalue weighted by Crippen LogP contribution is 2.26. The standard InChI is InChI=1S/C19H17NO5S/c1-11(18(22)15-8-7-14(25-15)10-20-12(2)21)24-19(23)17-9-13-5-3-4-6-16(13)26-17/h3-9,11H,10H2,1-2H3,(H,20,21)/t11-/m0/s1. The molecule has 1 N–H and O–H groups in total. The number of nitrogens with one attached hydrogen (secondary N) is 1. The number of carbonyl (C=O) groups is 3. The van der Waals surface area contributed by atoms with Gasteiger partial charge in [0.25, 0.3) is 0 Å². The minimum Gasteiger partial charge on any atom is -0.456 e. The van der Waals surface area contributed by atoms with Gasteiger partial charge in [-0.1, -0.05) is 18.2 Å². The number of thiophene rings is 1. The van der Waals surface area contributed by atoms with Gasteiger partial charge in [-0.3, -0.25) is 9.59 Å². The van der Waals surface area contributed by atoms with Crippen LogP contribution < -0.4 is 5.32 Å². The Morgan fingerprint density at radius 2 is 1.96 bits per heavy atom. The van der Waals surface area contributed by atoms with Crippen LogP contribution in [-0.2, 0) is 16.1 Å². The molecule has 2 heterocycles. The van der Waals surface area contributed by atoms with Crippen molar-refractivity contribution in [1.29, 1.82) is 0 Å². The second-order valence-corrected chi connectivity index (χ2v) is 6.82. The third-order valence-electron chi connectivity index (χ3n) is 3.70. The summed E-state index contributed by atoms with van der Waals surface area (Å²) in [5.41, 5.74) is 0. The largest absolute Gasteiger partial charge is 0.456 e. The van der Waals surface area contributed by atoms with Gasteiger partial charge in [0, 0.05) is 11.6 Å². The monoisotopic (exact) mass is 371 g/mol. The Bertz CT molecular complexity index is 938. The van der Waals surface area contributed by atoms with Crippen LogP contribution in [-0.4, -0.2) is 23.8 Å². The SMILES string of the molecule is CC(=O)NCc1ccc(C(=O)[C@H](C)OC(=O)c2cc3ccccc3s2)o1. The van der Waals surface area contributed by atoms with Crippen molar-refractivity contribution in [2.45, 2.75) is 26.5 Å². The Hall–Kier alpha value is -2.93. The summed E-state index contributed by atoms with van der Waals surface area (Å²) in [4.78, 5) is 36.0. The molecule has 134 valence electrons. The Balaban J connectivity index is 1.65. The van der Waals surface area contributed by atoms with Crippen LogP contribution in [0, 0.1) is 0 Å². The van der Waals surface area contributed by atoms with E-state index >= 15 is 0 Å². The lowest BCUT2D eigenvalue weighted by Gasteiger charge is -2.09. The molecule has 2 aromatic heterocycles. The lowest BCUT2D eigenvalue weighted by Crippen LogP contribution is -2.23. The van der Waals surface area contributed by atoms with Crippen LogP contribution in [0.4, 0.5) is 0 Å². The number of rotatable bonds is 6. The molecule has 0 spiro atoms. The van der Waals surface area contributed by atoms with E-state index in [4.69, 9.17) is 9.15 Å². The van der Waals surface area contributed by atoms with Gasteiger partial charge in [-0.15, -0.1) is 11.3 Å². The molecule has 0 radical (unpaired) electrons. The maximum atomic E-state index is 12.4. The number of carbonyl (C=O) groups excluding carboxylic acids is 3. The smallest absolute Gasteiger partial charge is 0.349 e. The van der Waals surface area contributed by atoms with Crippen molar-refractivity contribution in [3.63, 3.8) is 0 Å². The molecule has 1 atom stereocenters. The summed E-state index contributed by atoms with van der Waals surface area (Å²) in [5, 5.41) is 3.54. The second kappa shape index (κ2) is 7.53. The maximum absolute atomic E-state index is 12.4. The Morgan fingerprint density at radius 1 is 1.19 bits per heavy atom. The van der Waals surface area contributed by atoms with Gasteiger partial charge in [0.15, 0.2) is 11.9 Å². The van der Waals surface area contributed by atoms with E-state index in [9.17, 15) is 14.4 Å². The fraction of sp³-hybridized carbons (Fsp3) is 0.211. The number of fused-ring (bicyclic) bond motifs is 1. The number of Topliss-reactive ketones (excluding diaryl/α,β-unsaturated/α-hetero) is 1. The maximum Gasteiger partial charge on any atom is 0.349 e. The molecular weight excluding hydrogens is 354 g/mol. The highest BCUT2D eigenvalue weighted by atomic mass is 32.1. The van der Waals surface area contributed by atoms with Gasteiger partial charge >= 0.3 is 5.97 Å². The van der Waals surface area contributed by atoms with Crippen molar-refractivity contribution < 1.29 is 23.5 Å². The van der Waals surface area contributed by atoms with E-state index in [1.54, 1.807) is 12.1 Å². The number of furan rings is 1. The van der Waals surface area contributed by atoms with E-state index in [1.807, 2.05) is 24.3 Å². The van der Waals surface area contributed by atoms with Crippen LogP contribution in [0.15, 0.2) is 46.9 Å². The summed E-state index contributed by atoms with van der Waals surface area (Å²) >= 11 is 1.32. The van der Waals surface area contributed by atoms with Gasteiger partial charge in [-0.2, -0.15) is 0 Å². The second-order valence-electron chi connectivity index (χ2n) is 5.74.